The summed E-state index contributed by atoms with van der Waals surface area (Å²) in [5.41, 5.74) is 1.82. The van der Waals surface area contributed by atoms with E-state index >= 15 is 0 Å². The van der Waals surface area contributed by atoms with Crippen molar-refractivity contribution >= 4 is 11.9 Å². The third-order valence-corrected chi connectivity index (χ3v) is 3.03. The van der Waals surface area contributed by atoms with Gasteiger partial charge in [-0.25, -0.2) is 0 Å². The van der Waals surface area contributed by atoms with E-state index in [1.54, 1.807) is 24.3 Å². The lowest BCUT2D eigenvalue weighted by Crippen LogP contribution is -2.12. The molecule has 0 fully saturated rings. The number of aromatic amines is 1. The summed E-state index contributed by atoms with van der Waals surface area (Å²) in [6.07, 6.45) is 0. The zero-order valence-corrected chi connectivity index (χ0v) is 11.4. The van der Waals surface area contributed by atoms with Crippen molar-refractivity contribution in [2.45, 2.75) is 0 Å². The first-order valence-corrected chi connectivity index (χ1v) is 6.55. The minimum Gasteiger partial charge on any atom is -0.289 e. The Morgan fingerprint density at radius 1 is 1.09 bits per heavy atom. The van der Waals surface area contributed by atoms with Gasteiger partial charge >= 0.3 is 0 Å². The molecule has 2 aromatic carbocycles. The molecular formula is C16H11N5O. The first-order chi connectivity index (χ1) is 10.8. The summed E-state index contributed by atoms with van der Waals surface area (Å²) in [7, 11) is 0. The van der Waals surface area contributed by atoms with Crippen LogP contribution in [0.3, 0.4) is 0 Å². The topological polar surface area (TPSA) is 94.5 Å². The molecule has 1 amide bonds. The summed E-state index contributed by atoms with van der Waals surface area (Å²) in [4.78, 5) is 16.3. The van der Waals surface area contributed by atoms with Crippen molar-refractivity contribution in [3.8, 4) is 17.5 Å². The van der Waals surface area contributed by atoms with E-state index in [0.29, 0.717) is 17.0 Å². The number of rotatable bonds is 3. The van der Waals surface area contributed by atoms with Gasteiger partial charge in [-0.15, -0.1) is 5.10 Å². The molecule has 0 bridgehead atoms. The second kappa shape index (κ2) is 5.89. The SMILES string of the molecule is N#Cc1ccc(C(=O)Nc2n[nH]c(-c3ccccc3)n2)cc1. The molecule has 0 atom stereocenters. The molecule has 0 aliphatic heterocycles. The Morgan fingerprint density at radius 2 is 1.82 bits per heavy atom. The van der Waals surface area contributed by atoms with Crippen LogP contribution in [0.2, 0.25) is 0 Å². The summed E-state index contributed by atoms with van der Waals surface area (Å²) in [5.74, 6) is 0.451. The summed E-state index contributed by atoms with van der Waals surface area (Å²) in [6.45, 7) is 0. The van der Waals surface area contributed by atoms with Crippen LogP contribution >= 0.6 is 0 Å². The van der Waals surface area contributed by atoms with E-state index in [2.05, 4.69) is 20.5 Å². The van der Waals surface area contributed by atoms with E-state index < -0.39 is 0 Å². The Bertz CT molecular complexity index is 831. The number of hydrogen-bond donors (Lipinski definition) is 2. The van der Waals surface area contributed by atoms with Gasteiger partial charge in [-0.3, -0.25) is 15.2 Å². The quantitative estimate of drug-likeness (QED) is 0.774. The number of anilines is 1. The molecule has 0 aliphatic rings. The maximum Gasteiger partial charge on any atom is 0.258 e. The number of aromatic nitrogens is 3. The fourth-order valence-electron chi connectivity index (χ4n) is 1.91. The average molecular weight is 289 g/mol. The van der Waals surface area contributed by atoms with E-state index in [-0.39, 0.29) is 11.9 Å². The minimum atomic E-state index is -0.330. The highest BCUT2D eigenvalue weighted by molar-refractivity contribution is 6.03. The van der Waals surface area contributed by atoms with E-state index in [9.17, 15) is 4.79 Å². The molecule has 0 saturated carbocycles. The molecule has 106 valence electrons. The smallest absolute Gasteiger partial charge is 0.258 e. The lowest BCUT2D eigenvalue weighted by atomic mass is 10.1. The highest BCUT2D eigenvalue weighted by atomic mass is 16.1. The number of carbonyl (C=O) groups excluding carboxylic acids is 1. The third kappa shape index (κ3) is 2.83. The standard InChI is InChI=1S/C16H11N5O/c17-10-11-6-8-13(9-7-11)15(22)19-16-18-14(20-21-16)12-4-2-1-3-5-12/h1-9H,(H2,18,19,20,21,22). The molecule has 1 heterocycles. The molecule has 0 unspecified atom stereocenters. The van der Waals surface area contributed by atoms with Gasteiger partial charge in [-0.2, -0.15) is 10.2 Å². The summed E-state index contributed by atoms with van der Waals surface area (Å²) < 4.78 is 0. The van der Waals surface area contributed by atoms with E-state index in [4.69, 9.17) is 5.26 Å². The molecule has 1 aromatic heterocycles. The number of nitrogens with zero attached hydrogens (tertiary/aromatic N) is 3. The highest BCUT2D eigenvalue weighted by Gasteiger charge is 2.10. The third-order valence-electron chi connectivity index (χ3n) is 3.03. The first kappa shape index (κ1) is 13.5. The predicted molar refractivity (Wildman–Crippen MR) is 80.9 cm³/mol. The van der Waals surface area contributed by atoms with Crippen LogP contribution in [-0.2, 0) is 0 Å². The number of benzene rings is 2. The second-order valence-corrected chi connectivity index (χ2v) is 4.52. The van der Waals surface area contributed by atoms with Gasteiger partial charge in [-0.05, 0) is 24.3 Å². The molecule has 6 heteroatoms. The van der Waals surface area contributed by atoms with Crippen LogP contribution in [0.15, 0.2) is 54.6 Å². The molecule has 0 radical (unpaired) electrons. The van der Waals surface area contributed by atoms with Crippen LogP contribution in [0.1, 0.15) is 15.9 Å². The van der Waals surface area contributed by atoms with Crippen LogP contribution < -0.4 is 5.32 Å². The normalized spacial score (nSPS) is 9.95. The maximum absolute atomic E-state index is 12.1. The Balaban J connectivity index is 1.74. The van der Waals surface area contributed by atoms with Gasteiger partial charge in [0, 0.05) is 11.1 Å². The molecule has 6 nitrogen and oxygen atoms in total. The van der Waals surface area contributed by atoms with Gasteiger partial charge in [0.25, 0.3) is 5.91 Å². The van der Waals surface area contributed by atoms with E-state index in [1.807, 2.05) is 36.4 Å². The lowest BCUT2D eigenvalue weighted by Gasteiger charge is -2.00. The average Bonchev–Trinajstić information content (AvgIpc) is 3.04. The van der Waals surface area contributed by atoms with E-state index in [1.165, 1.54) is 0 Å². The van der Waals surface area contributed by atoms with Crippen LogP contribution in [0.5, 0.6) is 0 Å². The fourth-order valence-corrected chi connectivity index (χ4v) is 1.91. The number of nitrogens with one attached hydrogen (secondary N) is 2. The van der Waals surface area contributed by atoms with Crippen molar-refractivity contribution in [3.63, 3.8) is 0 Å². The predicted octanol–water partition coefficient (Wildman–Crippen LogP) is 2.60. The van der Waals surface area contributed by atoms with Crippen LogP contribution in [-0.4, -0.2) is 21.1 Å². The van der Waals surface area contributed by atoms with Crippen molar-refractivity contribution < 1.29 is 4.79 Å². The molecule has 0 spiro atoms. The Labute approximate surface area is 126 Å². The molecule has 0 aliphatic carbocycles. The monoisotopic (exact) mass is 289 g/mol. The zero-order chi connectivity index (χ0) is 15.4. The summed E-state index contributed by atoms with van der Waals surface area (Å²) in [5, 5.41) is 18.1. The molecule has 3 aromatic rings. The van der Waals surface area contributed by atoms with Crippen molar-refractivity contribution in [2.75, 3.05) is 5.32 Å². The zero-order valence-electron chi connectivity index (χ0n) is 11.4. The number of nitriles is 1. The van der Waals surface area contributed by atoms with Gasteiger partial charge in [0.1, 0.15) is 0 Å². The Kier molecular flexibility index (Phi) is 3.62. The first-order valence-electron chi connectivity index (χ1n) is 6.55. The number of amides is 1. The van der Waals surface area contributed by atoms with Crippen molar-refractivity contribution in [1.82, 2.24) is 15.2 Å². The van der Waals surface area contributed by atoms with Gasteiger partial charge in [-0.1, -0.05) is 30.3 Å². The molecule has 0 saturated heterocycles. The Hall–Kier alpha value is -3.46. The van der Waals surface area contributed by atoms with Crippen molar-refractivity contribution in [1.29, 1.82) is 5.26 Å². The van der Waals surface area contributed by atoms with Crippen LogP contribution in [0, 0.1) is 11.3 Å². The van der Waals surface area contributed by atoms with Gasteiger partial charge in [0.05, 0.1) is 11.6 Å². The molecular weight excluding hydrogens is 278 g/mol. The van der Waals surface area contributed by atoms with Gasteiger partial charge < -0.3 is 0 Å². The molecule has 3 rings (SSSR count). The number of H-pyrrole nitrogens is 1. The molecule has 22 heavy (non-hydrogen) atoms. The van der Waals surface area contributed by atoms with Gasteiger partial charge in [0.15, 0.2) is 5.82 Å². The maximum atomic E-state index is 12.1. The number of hydrogen-bond acceptors (Lipinski definition) is 4. The van der Waals surface area contributed by atoms with Gasteiger partial charge in [0.2, 0.25) is 5.95 Å². The highest BCUT2D eigenvalue weighted by Crippen LogP contribution is 2.15. The van der Waals surface area contributed by atoms with E-state index in [0.717, 1.165) is 5.56 Å². The minimum absolute atomic E-state index is 0.202. The Morgan fingerprint density at radius 3 is 2.50 bits per heavy atom. The fraction of sp³-hybridized carbons (Fsp3) is 0. The molecule has 2 N–H and O–H groups in total. The largest absolute Gasteiger partial charge is 0.289 e. The van der Waals surface area contributed by atoms with Crippen LogP contribution in [0.4, 0.5) is 5.95 Å². The number of carbonyl (C=O) groups is 1. The lowest BCUT2D eigenvalue weighted by molar-refractivity contribution is 0.102. The summed E-state index contributed by atoms with van der Waals surface area (Å²) >= 11 is 0. The van der Waals surface area contributed by atoms with Crippen LogP contribution in [0.25, 0.3) is 11.4 Å². The van der Waals surface area contributed by atoms with Crippen molar-refractivity contribution in [3.05, 3.63) is 65.7 Å². The summed E-state index contributed by atoms with van der Waals surface area (Å²) in [6, 6.07) is 17.8. The second-order valence-electron chi connectivity index (χ2n) is 4.52. The van der Waals surface area contributed by atoms with Crippen molar-refractivity contribution in [2.24, 2.45) is 0 Å².